The van der Waals surface area contributed by atoms with Gasteiger partial charge in [0.15, 0.2) is 5.78 Å². The first-order chi connectivity index (χ1) is 11.5. The summed E-state index contributed by atoms with van der Waals surface area (Å²) in [5, 5.41) is 14.2. The number of carbonyl (C=O) groups is 2. The van der Waals surface area contributed by atoms with Crippen LogP contribution in [0.1, 0.15) is 33.2 Å². The van der Waals surface area contributed by atoms with E-state index in [1.807, 2.05) is 0 Å². The Morgan fingerprint density at radius 3 is 2.38 bits per heavy atom. The number of ketones is 1. The van der Waals surface area contributed by atoms with E-state index in [4.69, 9.17) is 0 Å². The molecule has 5 nitrogen and oxygen atoms in total. The molecule has 24 heavy (non-hydrogen) atoms. The molecule has 0 atom stereocenters. The van der Waals surface area contributed by atoms with E-state index in [0.717, 1.165) is 0 Å². The number of halogens is 1. The summed E-state index contributed by atoms with van der Waals surface area (Å²) in [4.78, 5) is 24.6. The second-order valence-corrected chi connectivity index (χ2v) is 6.07. The number of amides is 1. The van der Waals surface area contributed by atoms with E-state index in [1.165, 1.54) is 0 Å². The lowest BCUT2D eigenvalue weighted by atomic mass is 10.1. The number of Topliss-reactive ketones (excluding diaryl/α,β-unsaturated/α-hetero) is 1. The number of carbonyl (C=O) groups excluding carboxylic acids is 2. The zero-order chi connectivity index (χ0) is 17.3. The van der Waals surface area contributed by atoms with Crippen molar-refractivity contribution in [2.24, 2.45) is 5.10 Å². The van der Waals surface area contributed by atoms with Gasteiger partial charge in [-0.05, 0) is 35.0 Å². The van der Waals surface area contributed by atoms with E-state index in [1.54, 1.807) is 55.5 Å². The predicted octanol–water partition coefficient (Wildman–Crippen LogP) is 3.72. The zero-order valence-electron chi connectivity index (χ0n) is 12.7. The summed E-state index contributed by atoms with van der Waals surface area (Å²) in [6.07, 6.45) is 0. The molecule has 0 heterocycles. The Labute approximate surface area is 146 Å². The zero-order valence-corrected chi connectivity index (χ0v) is 14.3. The van der Waals surface area contributed by atoms with Crippen LogP contribution in [0.25, 0.3) is 5.76 Å². The van der Waals surface area contributed by atoms with Crippen molar-refractivity contribution in [3.8, 4) is 0 Å². The Balaban J connectivity index is 1.85. The molecule has 0 unspecified atom stereocenters. The largest absolute Gasteiger partial charge is 0.506 e. The minimum Gasteiger partial charge on any atom is -0.506 e. The summed E-state index contributed by atoms with van der Waals surface area (Å²) in [5.74, 6) is -0.837. The quantitative estimate of drug-likeness (QED) is 0.625. The smallest absolute Gasteiger partial charge is 0.272 e. The van der Waals surface area contributed by atoms with Gasteiger partial charge in [-0.1, -0.05) is 36.4 Å². The van der Waals surface area contributed by atoms with Crippen LogP contribution in [0.15, 0.2) is 63.7 Å². The van der Waals surface area contributed by atoms with Gasteiger partial charge in [0, 0.05) is 15.6 Å². The summed E-state index contributed by atoms with van der Waals surface area (Å²) < 4.78 is 0.641. The number of allylic oxidation sites excluding steroid dienone is 1. The van der Waals surface area contributed by atoms with Crippen LogP contribution in [-0.2, 0) is 0 Å². The Kier molecular flexibility index (Phi) is 4.31. The SMILES string of the molecule is C/C(=N\NC(=O)c1ccccc1Br)C1=C(O)c2ccccc2C1=O. The van der Waals surface area contributed by atoms with Gasteiger partial charge < -0.3 is 5.11 Å². The highest BCUT2D eigenvalue weighted by atomic mass is 79.9. The van der Waals surface area contributed by atoms with Gasteiger partial charge in [0.25, 0.3) is 5.91 Å². The third-order valence-electron chi connectivity index (χ3n) is 3.70. The molecule has 0 radical (unpaired) electrons. The first-order valence-corrected chi connectivity index (χ1v) is 7.97. The fourth-order valence-electron chi connectivity index (χ4n) is 2.50. The van der Waals surface area contributed by atoms with Crippen LogP contribution in [0.3, 0.4) is 0 Å². The summed E-state index contributed by atoms with van der Waals surface area (Å²) in [6, 6.07) is 13.7. The van der Waals surface area contributed by atoms with Gasteiger partial charge in [0.1, 0.15) is 5.76 Å². The molecule has 3 rings (SSSR count). The molecule has 2 N–H and O–H groups in total. The molecule has 0 saturated carbocycles. The summed E-state index contributed by atoms with van der Waals surface area (Å²) >= 11 is 3.30. The molecule has 0 spiro atoms. The standard InChI is InChI=1S/C18H13BrN2O3/c1-10(20-21-18(24)13-8-4-5-9-14(13)19)15-16(22)11-6-2-3-7-12(11)17(15)23/h2-9,22H,1H3,(H,21,24)/b20-10+. The number of hydrogen-bond donors (Lipinski definition) is 2. The van der Waals surface area contributed by atoms with Crippen LogP contribution in [0.4, 0.5) is 0 Å². The van der Waals surface area contributed by atoms with Crippen molar-refractivity contribution in [1.82, 2.24) is 5.43 Å². The molecule has 2 aromatic carbocycles. The van der Waals surface area contributed by atoms with E-state index >= 15 is 0 Å². The van der Waals surface area contributed by atoms with Gasteiger partial charge in [0.2, 0.25) is 0 Å². The third-order valence-corrected chi connectivity index (χ3v) is 4.39. The molecular formula is C18H13BrN2O3. The van der Waals surface area contributed by atoms with Crippen molar-refractivity contribution in [2.75, 3.05) is 0 Å². The van der Waals surface area contributed by atoms with Crippen molar-refractivity contribution in [3.63, 3.8) is 0 Å². The molecule has 0 aromatic heterocycles. The molecular weight excluding hydrogens is 372 g/mol. The van der Waals surface area contributed by atoms with Crippen molar-refractivity contribution < 1.29 is 14.7 Å². The molecule has 0 saturated heterocycles. The number of fused-ring (bicyclic) bond motifs is 1. The van der Waals surface area contributed by atoms with Crippen LogP contribution < -0.4 is 5.43 Å². The maximum Gasteiger partial charge on any atom is 0.272 e. The number of hydrazone groups is 1. The van der Waals surface area contributed by atoms with E-state index in [2.05, 4.69) is 26.5 Å². The topological polar surface area (TPSA) is 78.8 Å². The summed E-state index contributed by atoms with van der Waals surface area (Å²) in [6.45, 7) is 1.57. The van der Waals surface area contributed by atoms with Gasteiger partial charge in [-0.2, -0.15) is 5.10 Å². The number of aliphatic hydroxyl groups excluding tert-OH is 1. The molecule has 0 aliphatic heterocycles. The Morgan fingerprint density at radius 2 is 1.71 bits per heavy atom. The van der Waals surface area contributed by atoms with E-state index in [0.29, 0.717) is 21.2 Å². The maximum absolute atomic E-state index is 12.4. The molecule has 2 aromatic rings. The molecule has 1 aliphatic carbocycles. The van der Waals surface area contributed by atoms with Crippen LogP contribution in [0.5, 0.6) is 0 Å². The second kappa shape index (κ2) is 6.41. The average molecular weight is 385 g/mol. The normalized spacial score (nSPS) is 13.9. The number of aliphatic hydroxyl groups is 1. The Bertz CT molecular complexity index is 916. The molecule has 120 valence electrons. The molecule has 6 heteroatoms. The van der Waals surface area contributed by atoms with Crippen LogP contribution in [0.2, 0.25) is 0 Å². The van der Waals surface area contributed by atoms with Crippen LogP contribution in [-0.4, -0.2) is 22.5 Å². The number of rotatable bonds is 3. The maximum atomic E-state index is 12.4. The van der Waals surface area contributed by atoms with Gasteiger partial charge in [0.05, 0.1) is 16.8 Å². The van der Waals surface area contributed by atoms with Crippen LogP contribution >= 0.6 is 15.9 Å². The number of benzene rings is 2. The second-order valence-electron chi connectivity index (χ2n) is 5.22. The Hall–Kier alpha value is -2.73. The van der Waals surface area contributed by atoms with Gasteiger partial charge >= 0.3 is 0 Å². The molecule has 0 fully saturated rings. The predicted molar refractivity (Wildman–Crippen MR) is 95.0 cm³/mol. The van der Waals surface area contributed by atoms with E-state index in [-0.39, 0.29) is 22.8 Å². The van der Waals surface area contributed by atoms with Crippen molar-refractivity contribution in [3.05, 3.63) is 75.3 Å². The lowest BCUT2D eigenvalue weighted by Gasteiger charge is -2.05. The number of nitrogens with zero attached hydrogens (tertiary/aromatic N) is 1. The minimum absolute atomic E-state index is 0.101. The molecule has 0 bridgehead atoms. The fourth-order valence-corrected chi connectivity index (χ4v) is 2.96. The monoisotopic (exact) mass is 384 g/mol. The van der Waals surface area contributed by atoms with Crippen LogP contribution in [0, 0.1) is 0 Å². The van der Waals surface area contributed by atoms with Crippen molar-refractivity contribution >= 4 is 39.1 Å². The fraction of sp³-hybridized carbons (Fsp3) is 0.0556. The summed E-state index contributed by atoms with van der Waals surface area (Å²) in [7, 11) is 0. The first kappa shape index (κ1) is 16.1. The number of nitrogens with one attached hydrogen (secondary N) is 1. The van der Waals surface area contributed by atoms with E-state index in [9.17, 15) is 14.7 Å². The summed E-state index contributed by atoms with van der Waals surface area (Å²) in [5.41, 5.74) is 4.08. The van der Waals surface area contributed by atoms with Gasteiger partial charge in [-0.25, -0.2) is 5.43 Å². The Morgan fingerprint density at radius 1 is 1.08 bits per heavy atom. The lowest BCUT2D eigenvalue weighted by Crippen LogP contribution is -2.21. The van der Waals surface area contributed by atoms with Gasteiger partial charge in [-0.15, -0.1) is 0 Å². The highest BCUT2D eigenvalue weighted by Gasteiger charge is 2.31. The lowest BCUT2D eigenvalue weighted by molar-refractivity contribution is 0.0952. The van der Waals surface area contributed by atoms with E-state index < -0.39 is 5.91 Å². The number of hydrogen-bond acceptors (Lipinski definition) is 4. The average Bonchev–Trinajstić information content (AvgIpc) is 2.84. The molecule has 1 amide bonds. The van der Waals surface area contributed by atoms with Crippen molar-refractivity contribution in [2.45, 2.75) is 6.92 Å². The van der Waals surface area contributed by atoms with Gasteiger partial charge in [-0.3, -0.25) is 9.59 Å². The highest BCUT2D eigenvalue weighted by molar-refractivity contribution is 9.10. The minimum atomic E-state index is -0.412. The van der Waals surface area contributed by atoms with Crippen molar-refractivity contribution in [1.29, 1.82) is 0 Å². The third kappa shape index (κ3) is 2.76. The highest BCUT2D eigenvalue weighted by Crippen LogP contribution is 2.31. The first-order valence-electron chi connectivity index (χ1n) is 7.17. The molecule has 1 aliphatic rings.